The van der Waals surface area contributed by atoms with Crippen molar-refractivity contribution in [3.8, 4) is 5.75 Å². The summed E-state index contributed by atoms with van der Waals surface area (Å²) in [7, 11) is -4.31. The molecule has 1 amide bonds. The van der Waals surface area contributed by atoms with Crippen molar-refractivity contribution in [2.45, 2.75) is 24.4 Å². The molecule has 0 bridgehead atoms. The van der Waals surface area contributed by atoms with Crippen molar-refractivity contribution in [1.82, 2.24) is 0 Å². The van der Waals surface area contributed by atoms with E-state index in [1.807, 2.05) is 0 Å². The number of fused-ring (bicyclic) bond motifs is 1. The topological polar surface area (TPSA) is 63.7 Å². The maximum Gasteiger partial charge on any atom is 0.416 e. The van der Waals surface area contributed by atoms with Crippen LogP contribution < -0.4 is 9.08 Å². The first-order valence-electron chi connectivity index (χ1n) is 7.61. The zero-order valence-electron chi connectivity index (χ0n) is 13.6. The summed E-state index contributed by atoms with van der Waals surface area (Å²) in [5.74, 6) is -0.578. The molecule has 0 saturated heterocycles. The molecule has 2 aromatic rings. The summed E-state index contributed by atoms with van der Waals surface area (Å²) in [5, 5.41) is 0. The second-order valence-electron chi connectivity index (χ2n) is 5.77. The summed E-state index contributed by atoms with van der Waals surface area (Å²) < 4.78 is 67.9. The minimum Gasteiger partial charge on any atom is -0.379 e. The third-order valence-corrected chi connectivity index (χ3v) is 5.23. The third-order valence-electron chi connectivity index (χ3n) is 3.98. The van der Waals surface area contributed by atoms with Gasteiger partial charge >= 0.3 is 16.3 Å². The van der Waals surface area contributed by atoms with E-state index in [1.165, 1.54) is 30.0 Å². The fourth-order valence-corrected chi connectivity index (χ4v) is 3.73. The molecule has 0 fully saturated rings. The molecule has 0 N–H and O–H groups in total. The lowest BCUT2D eigenvalue weighted by Gasteiger charge is -2.15. The standard InChI is InChI=1S/C17H14F3NO4S/c1-11(22)21-8-7-12-9-15(5-6-16(12)21)26(23,24)25-14-4-2-3-13(10-14)17(18,19)20/h2-6,9-10H,7-8H2,1H3. The number of carbonyl (C=O) groups excluding carboxylic acids is 1. The SMILES string of the molecule is CC(=O)N1CCc2cc(S(=O)(=O)Oc3cccc(C(F)(F)F)c3)ccc21. The van der Waals surface area contributed by atoms with E-state index < -0.39 is 27.6 Å². The largest absolute Gasteiger partial charge is 0.416 e. The highest BCUT2D eigenvalue weighted by Crippen LogP contribution is 2.33. The second-order valence-corrected chi connectivity index (χ2v) is 7.32. The number of nitrogens with zero attached hydrogens (tertiary/aromatic N) is 1. The minimum absolute atomic E-state index is 0.153. The highest BCUT2D eigenvalue weighted by molar-refractivity contribution is 7.87. The van der Waals surface area contributed by atoms with Gasteiger partial charge in [-0.2, -0.15) is 21.6 Å². The maximum atomic E-state index is 12.7. The molecule has 3 rings (SSSR count). The van der Waals surface area contributed by atoms with Gasteiger partial charge < -0.3 is 9.08 Å². The van der Waals surface area contributed by atoms with Crippen molar-refractivity contribution in [2.24, 2.45) is 0 Å². The van der Waals surface area contributed by atoms with Crippen LogP contribution in [0.25, 0.3) is 0 Å². The third kappa shape index (κ3) is 3.52. The maximum absolute atomic E-state index is 12.7. The van der Waals surface area contributed by atoms with Gasteiger partial charge in [-0.05, 0) is 48.4 Å². The Kier molecular flexibility index (Phi) is 4.43. The van der Waals surface area contributed by atoms with Gasteiger partial charge in [-0.25, -0.2) is 0 Å². The van der Waals surface area contributed by atoms with E-state index >= 15 is 0 Å². The molecular weight excluding hydrogens is 371 g/mol. The number of halogens is 3. The molecule has 0 unspecified atom stereocenters. The number of hydrogen-bond acceptors (Lipinski definition) is 4. The summed E-state index contributed by atoms with van der Waals surface area (Å²) >= 11 is 0. The highest BCUT2D eigenvalue weighted by Gasteiger charge is 2.31. The van der Waals surface area contributed by atoms with Crippen LogP contribution in [0.2, 0.25) is 0 Å². The number of benzene rings is 2. The lowest BCUT2D eigenvalue weighted by molar-refractivity contribution is -0.137. The molecule has 2 aromatic carbocycles. The van der Waals surface area contributed by atoms with Crippen molar-refractivity contribution in [2.75, 3.05) is 11.4 Å². The quantitative estimate of drug-likeness (QED) is 0.760. The predicted molar refractivity (Wildman–Crippen MR) is 87.4 cm³/mol. The van der Waals surface area contributed by atoms with E-state index in [0.717, 1.165) is 18.2 Å². The van der Waals surface area contributed by atoms with Crippen LogP contribution in [0.1, 0.15) is 18.1 Å². The first kappa shape index (κ1) is 18.2. The molecular formula is C17H14F3NO4S. The molecule has 0 atom stereocenters. The Balaban J connectivity index is 1.89. The van der Waals surface area contributed by atoms with Crippen molar-refractivity contribution >= 4 is 21.7 Å². The highest BCUT2D eigenvalue weighted by atomic mass is 32.2. The molecule has 5 nitrogen and oxygen atoms in total. The number of hydrogen-bond donors (Lipinski definition) is 0. The average Bonchev–Trinajstić information content (AvgIpc) is 2.97. The fraction of sp³-hybridized carbons (Fsp3) is 0.235. The van der Waals surface area contributed by atoms with Crippen LogP contribution in [0.3, 0.4) is 0 Å². The van der Waals surface area contributed by atoms with Crippen LogP contribution in [0.4, 0.5) is 18.9 Å². The van der Waals surface area contributed by atoms with E-state index in [0.29, 0.717) is 30.3 Å². The van der Waals surface area contributed by atoms with Crippen LogP contribution in [0.15, 0.2) is 47.4 Å². The monoisotopic (exact) mass is 385 g/mol. The molecule has 1 aliphatic heterocycles. The van der Waals surface area contributed by atoms with Gasteiger partial charge in [0, 0.05) is 19.2 Å². The Morgan fingerprint density at radius 2 is 1.88 bits per heavy atom. The predicted octanol–water partition coefficient (Wildman–Crippen LogP) is 3.38. The Morgan fingerprint density at radius 1 is 1.15 bits per heavy atom. The summed E-state index contributed by atoms with van der Waals surface area (Å²) in [6.07, 6.45) is -4.12. The number of carbonyl (C=O) groups is 1. The van der Waals surface area contributed by atoms with Gasteiger partial charge in [0.25, 0.3) is 0 Å². The molecule has 0 saturated carbocycles. The Hall–Kier alpha value is -2.55. The molecule has 0 aliphatic carbocycles. The normalized spacial score (nSPS) is 14.2. The summed E-state index contributed by atoms with van der Waals surface area (Å²) in [6.45, 7) is 1.86. The molecule has 26 heavy (non-hydrogen) atoms. The van der Waals surface area contributed by atoms with E-state index in [2.05, 4.69) is 0 Å². The van der Waals surface area contributed by atoms with E-state index in [4.69, 9.17) is 4.18 Å². The smallest absolute Gasteiger partial charge is 0.379 e. The van der Waals surface area contributed by atoms with Crippen LogP contribution in [0.5, 0.6) is 5.75 Å². The average molecular weight is 385 g/mol. The zero-order valence-corrected chi connectivity index (χ0v) is 14.4. The van der Waals surface area contributed by atoms with Gasteiger partial charge in [0.15, 0.2) is 0 Å². The lowest BCUT2D eigenvalue weighted by atomic mass is 10.2. The van der Waals surface area contributed by atoms with Crippen molar-refractivity contribution < 1.29 is 30.6 Å². The second kappa shape index (κ2) is 6.31. The molecule has 9 heteroatoms. The van der Waals surface area contributed by atoms with Crippen molar-refractivity contribution in [3.05, 3.63) is 53.6 Å². The van der Waals surface area contributed by atoms with Crippen LogP contribution in [-0.2, 0) is 27.5 Å². The summed E-state index contributed by atoms with van der Waals surface area (Å²) in [5.41, 5.74) is 0.278. The van der Waals surface area contributed by atoms with Gasteiger partial charge in [-0.1, -0.05) is 6.07 Å². The molecule has 0 aromatic heterocycles. The van der Waals surface area contributed by atoms with Gasteiger partial charge in [-0.15, -0.1) is 0 Å². The molecule has 0 spiro atoms. The molecule has 1 heterocycles. The van der Waals surface area contributed by atoms with Gasteiger partial charge in [0.2, 0.25) is 5.91 Å². The summed E-state index contributed by atoms with van der Waals surface area (Å²) in [6, 6.07) is 7.79. The summed E-state index contributed by atoms with van der Waals surface area (Å²) in [4.78, 5) is 12.9. The first-order chi connectivity index (χ1) is 12.1. The number of amides is 1. The molecule has 0 radical (unpaired) electrons. The van der Waals surface area contributed by atoms with Gasteiger partial charge in [0.05, 0.1) is 5.56 Å². The van der Waals surface area contributed by atoms with E-state index in [9.17, 15) is 26.4 Å². The number of rotatable bonds is 3. The number of alkyl halides is 3. The van der Waals surface area contributed by atoms with Crippen LogP contribution in [-0.4, -0.2) is 20.9 Å². The van der Waals surface area contributed by atoms with Crippen LogP contribution in [0, 0.1) is 0 Å². The van der Waals surface area contributed by atoms with E-state index in [1.54, 1.807) is 0 Å². The molecule has 138 valence electrons. The first-order valence-corrected chi connectivity index (χ1v) is 9.01. The lowest BCUT2D eigenvalue weighted by Crippen LogP contribution is -2.25. The van der Waals surface area contributed by atoms with Crippen molar-refractivity contribution in [3.63, 3.8) is 0 Å². The minimum atomic E-state index is -4.60. The van der Waals surface area contributed by atoms with Gasteiger partial charge in [-0.3, -0.25) is 4.79 Å². The number of anilines is 1. The van der Waals surface area contributed by atoms with Crippen LogP contribution >= 0.6 is 0 Å². The Morgan fingerprint density at radius 3 is 2.54 bits per heavy atom. The molecule has 1 aliphatic rings. The zero-order chi connectivity index (χ0) is 19.1. The van der Waals surface area contributed by atoms with E-state index in [-0.39, 0.29) is 10.8 Å². The van der Waals surface area contributed by atoms with Crippen molar-refractivity contribution in [1.29, 1.82) is 0 Å². The Labute approximate surface area is 148 Å². The Bertz CT molecular complexity index is 970. The van der Waals surface area contributed by atoms with Gasteiger partial charge in [0.1, 0.15) is 10.6 Å². The fourth-order valence-electron chi connectivity index (χ4n) is 2.76.